The van der Waals surface area contributed by atoms with Gasteiger partial charge in [0.15, 0.2) is 0 Å². The first-order valence-electron chi connectivity index (χ1n) is 8.08. The van der Waals surface area contributed by atoms with E-state index in [1.54, 1.807) is 0 Å². The number of nitrogens with zero attached hydrogens (tertiary/aromatic N) is 2. The van der Waals surface area contributed by atoms with Crippen molar-refractivity contribution in [3.05, 3.63) is 64.1 Å². The van der Waals surface area contributed by atoms with E-state index >= 15 is 0 Å². The SMILES string of the molecule is CN(C)S(=O)(=O)c1ccc(C(=O)NCC(=O)N/N=C/c2cccc(Br)c2)cc1. The van der Waals surface area contributed by atoms with Crippen LogP contribution in [0.15, 0.2) is 63.0 Å². The molecule has 0 aliphatic rings. The molecule has 0 fully saturated rings. The Balaban J connectivity index is 1.87. The van der Waals surface area contributed by atoms with Crippen molar-refractivity contribution >= 4 is 44.0 Å². The molecule has 0 saturated heterocycles. The molecular formula is C18H19BrN4O4S. The maximum atomic E-state index is 12.1. The number of rotatable bonds is 7. The topological polar surface area (TPSA) is 108 Å². The van der Waals surface area contributed by atoms with Gasteiger partial charge in [0, 0.05) is 24.1 Å². The van der Waals surface area contributed by atoms with Crippen LogP contribution in [-0.4, -0.2) is 51.4 Å². The molecular weight excluding hydrogens is 448 g/mol. The van der Waals surface area contributed by atoms with Gasteiger partial charge in [-0.05, 0) is 42.0 Å². The van der Waals surface area contributed by atoms with Crippen LogP contribution in [0.4, 0.5) is 0 Å². The van der Waals surface area contributed by atoms with Crippen molar-refractivity contribution in [1.29, 1.82) is 0 Å². The smallest absolute Gasteiger partial charge is 0.259 e. The van der Waals surface area contributed by atoms with Gasteiger partial charge in [-0.1, -0.05) is 28.1 Å². The van der Waals surface area contributed by atoms with Gasteiger partial charge in [0.25, 0.3) is 11.8 Å². The van der Waals surface area contributed by atoms with Crippen LogP contribution in [-0.2, 0) is 14.8 Å². The van der Waals surface area contributed by atoms with E-state index in [4.69, 9.17) is 0 Å². The van der Waals surface area contributed by atoms with Crippen LogP contribution < -0.4 is 10.7 Å². The Morgan fingerprint density at radius 1 is 1.14 bits per heavy atom. The molecule has 0 unspecified atom stereocenters. The standard InChI is InChI=1S/C18H19BrN4O4S/c1-23(2)28(26,27)16-8-6-14(7-9-16)18(25)20-12-17(24)22-21-11-13-4-3-5-15(19)10-13/h3-11H,12H2,1-2H3,(H,20,25)(H,22,24)/b21-11+. The summed E-state index contributed by atoms with van der Waals surface area (Å²) in [5.74, 6) is -0.994. The largest absolute Gasteiger partial charge is 0.343 e. The first-order valence-corrected chi connectivity index (χ1v) is 10.3. The van der Waals surface area contributed by atoms with Gasteiger partial charge in [0.1, 0.15) is 0 Å². The van der Waals surface area contributed by atoms with Crippen molar-refractivity contribution in [1.82, 2.24) is 15.0 Å². The highest BCUT2D eigenvalue weighted by Gasteiger charge is 2.17. The average Bonchev–Trinajstić information content (AvgIpc) is 2.66. The van der Waals surface area contributed by atoms with E-state index in [9.17, 15) is 18.0 Å². The van der Waals surface area contributed by atoms with E-state index < -0.39 is 21.8 Å². The summed E-state index contributed by atoms with van der Waals surface area (Å²) in [6.45, 7) is -0.271. The Morgan fingerprint density at radius 2 is 1.82 bits per heavy atom. The normalized spacial score (nSPS) is 11.6. The Morgan fingerprint density at radius 3 is 2.43 bits per heavy atom. The molecule has 2 aromatic rings. The van der Waals surface area contributed by atoms with Crippen LogP contribution in [0.2, 0.25) is 0 Å². The molecule has 0 aliphatic carbocycles. The highest BCUT2D eigenvalue weighted by molar-refractivity contribution is 9.10. The van der Waals surface area contributed by atoms with E-state index in [1.807, 2.05) is 24.3 Å². The van der Waals surface area contributed by atoms with Crippen molar-refractivity contribution in [2.75, 3.05) is 20.6 Å². The molecule has 2 rings (SSSR count). The minimum absolute atomic E-state index is 0.0775. The fourth-order valence-electron chi connectivity index (χ4n) is 2.06. The molecule has 2 amide bonds. The lowest BCUT2D eigenvalue weighted by atomic mass is 10.2. The fourth-order valence-corrected chi connectivity index (χ4v) is 3.38. The summed E-state index contributed by atoms with van der Waals surface area (Å²) < 4.78 is 26.0. The number of sulfonamides is 1. The molecule has 10 heteroatoms. The Bertz CT molecular complexity index is 989. The third-order valence-electron chi connectivity index (χ3n) is 3.56. The molecule has 0 spiro atoms. The van der Waals surface area contributed by atoms with Gasteiger partial charge in [0.05, 0.1) is 17.7 Å². The first kappa shape index (κ1) is 21.7. The van der Waals surface area contributed by atoms with Crippen LogP contribution in [0.1, 0.15) is 15.9 Å². The van der Waals surface area contributed by atoms with Gasteiger partial charge in [0.2, 0.25) is 10.0 Å². The third kappa shape index (κ3) is 5.98. The lowest BCUT2D eigenvalue weighted by molar-refractivity contribution is -0.120. The number of halogens is 1. The fraction of sp³-hybridized carbons (Fsp3) is 0.167. The number of nitrogens with one attached hydrogen (secondary N) is 2. The Labute approximate surface area is 171 Å². The van der Waals surface area contributed by atoms with E-state index in [0.29, 0.717) is 0 Å². The summed E-state index contributed by atoms with van der Waals surface area (Å²) in [6.07, 6.45) is 1.48. The maximum absolute atomic E-state index is 12.1. The molecule has 0 heterocycles. The molecule has 8 nitrogen and oxygen atoms in total. The molecule has 0 aromatic heterocycles. The quantitative estimate of drug-likeness (QED) is 0.476. The number of hydrazone groups is 1. The van der Waals surface area contributed by atoms with Crippen LogP contribution in [0.25, 0.3) is 0 Å². The van der Waals surface area contributed by atoms with E-state index in [-0.39, 0.29) is 17.0 Å². The van der Waals surface area contributed by atoms with Crippen molar-refractivity contribution in [2.24, 2.45) is 5.10 Å². The molecule has 0 saturated carbocycles. The average molecular weight is 467 g/mol. The summed E-state index contributed by atoms with van der Waals surface area (Å²) in [7, 11) is -0.714. The Kier molecular flexibility index (Phi) is 7.44. The van der Waals surface area contributed by atoms with Gasteiger partial charge < -0.3 is 5.32 Å². The van der Waals surface area contributed by atoms with E-state index in [0.717, 1.165) is 14.3 Å². The van der Waals surface area contributed by atoms with Gasteiger partial charge in [-0.3, -0.25) is 9.59 Å². The lowest BCUT2D eigenvalue weighted by Crippen LogP contribution is -2.34. The van der Waals surface area contributed by atoms with Crippen molar-refractivity contribution in [2.45, 2.75) is 4.90 Å². The summed E-state index contributed by atoms with van der Waals surface area (Å²) in [5.41, 5.74) is 3.35. The summed E-state index contributed by atoms with van der Waals surface area (Å²) in [4.78, 5) is 23.9. The number of hydrogen-bond donors (Lipinski definition) is 2. The predicted molar refractivity (Wildman–Crippen MR) is 110 cm³/mol. The first-order chi connectivity index (χ1) is 13.2. The number of amides is 2. The lowest BCUT2D eigenvalue weighted by Gasteiger charge is -2.11. The maximum Gasteiger partial charge on any atom is 0.259 e. The van der Waals surface area contributed by atoms with Crippen molar-refractivity contribution < 1.29 is 18.0 Å². The zero-order chi connectivity index (χ0) is 20.7. The molecule has 0 radical (unpaired) electrons. The summed E-state index contributed by atoms with van der Waals surface area (Å²) in [5, 5.41) is 6.27. The second-order valence-corrected chi connectivity index (χ2v) is 8.91. The highest BCUT2D eigenvalue weighted by atomic mass is 79.9. The minimum atomic E-state index is -3.56. The van der Waals surface area contributed by atoms with Crippen LogP contribution >= 0.6 is 15.9 Å². The molecule has 2 aromatic carbocycles. The predicted octanol–water partition coefficient (Wildman–Crippen LogP) is 1.58. The number of carbonyl (C=O) groups is 2. The number of carbonyl (C=O) groups excluding carboxylic acids is 2. The molecule has 0 bridgehead atoms. The molecule has 2 N–H and O–H groups in total. The zero-order valence-electron chi connectivity index (χ0n) is 15.2. The van der Waals surface area contributed by atoms with Gasteiger partial charge >= 0.3 is 0 Å². The molecule has 28 heavy (non-hydrogen) atoms. The van der Waals surface area contributed by atoms with Crippen molar-refractivity contribution in [3.8, 4) is 0 Å². The number of benzene rings is 2. The van der Waals surface area contributed by atoms with Crippen molar-refractivity contribution in [3.63, 3.8) is 0 Å². The van der Waals surface area contributed by atoms with Gasteiger partial charge in [-0.15, -0.1) is 0 Å². The third-order valence-corrected chi connectivity index (χ3v) is 5.88. The monoisotopic (exact) mass is 466 g/mol. The van der Waals surface area contributed by atoms with Crippen LogP contribution in [0.3, 0.4) is 0 Å². The van der Waals surface area contributed by atoms with E-state index in [1.165, 1.54) is 44.6 Å². The molecule has 148 valence electrons. The van der Waals surface area contributed by atoms with E-state index in [2.05, 4.69) is 31.8 Å². The minimum Gasteiger partial charge on any atom is -0.343 e. The Hall–Kier alpha value is -2.56. The highest BCUT2D eigenvalue weighted by Crippen LogP contribution is 2.14. The second kappa shape index (κ2) is 9.58. The van der Waals surface area contributed by atoms with Gasteiger partial charge in [-0.2, -0.15) is 5.10 Å². The van der Waals surface area contributed by atoms with Crippen LogP contribution in [0.5, 0.6) is 0 Å². The van der Waals surface area contributed by atoms with Crippen LogP contribution in [0, 0.1) is 0 Å². The summed E-state index contributed by atoms with van der Waals surface area (Å²) >= 11 is 3.34. The number of hydrogen-bond acceptors (Lipinski definition) is 5. The zero-order valence-corrected chi connectivity index (χ0v) is 17.6. The second-order valence-electron chi connectivity index (χ2n) is 5.84. The molecule has 0 atom stereocenters. The molecule has 0 aliphatic heterocycles. The van der Waals surface area contributed by atoms with Gasteiger partial charge in [-0.25, -0.2) is 18.1 Å². The summed E-state index contributed by atoms with van der Waals surface area (Å²) in [6, 6.07) is 12.8.